The number of nitrogens with one attached hydrogen (secondary N) is 2. The Labute approximate surface area is 201 Å². The number of rotatable bonds is 7. The lowest BCUT2D eigenvalue weighted by Crippen LogP contribution is -2.51. The number of halogens is 1. The Bertz CT molecular complexity index is 957. The van der Waals surface area contributed by atoms with Crippen molar-refractivity contribution in [3.05, 3.63) is 66.1 Å². The van der Waals surface area contributed by atoms with Crippen LogP contribution in [0.25, 0.3) is 5.65 Å². The molecule has 7 nitrogen and oxygen atoms in total. The van der Waals surface area contributed by atoms with E-state index in [1.54, 1.807) is 0 Å². The van der Waals surface area contributed by atoms with Crippen LogP contribution in [0.3, 0.4) is 0 Å². The standard InChI is InChI=1S/C23H31N7.HI/c1-24-23(25-14-7-13-22-28-27-21-12-5-6-16-30(21)22)26-20-11-8-15-29(18-20)17-19-9-3-2-4-10-19;/h2-6,9-10,12,16,20H,7-8,11,13-15,17-18H2,1H3,(H2,24,25,26);1H. The first-order valence-corrected chi connectivity index (χ1v) is 10.8. The molecule has 1 aliphatic heterocycles. The van der Waals surface area contributed by atoms with Crippen LogP contribution < -0.4 is 10.6 Å². The van der Waals surface area contributed by atoms with Crippen LogP contribution in [0.4, 0.5) is 0 Å². The Morgan fingerprint density at radius 2 is 1.97 bits per heavy atom. The second kappa shape index (κ2) is 12.0. The van der Waals surface area contributed by atoms with Crippen molar-refractivity contribution in [1.29, 1.82) is 0 Å². The molecule has 1 fully saturated rings. The first kappa shape index (κ1) is 23.5. The highest BCUT2D eigenvalue weighted by atomic mass is 127. The van der Waals surface area contributed by atoms with Crippen molar-refractivity contribution < 1.29 is 0 Å². The van der Waals surface area contributed by atoms with Gasteiger partial charge in [-0.05, 0) is 43.5 Å². The van der Waals surface area contributed by atoms with Crippen molar-refractivity contribution in [3.8, 4) is 0 Å². The third-order valence-corrected chi connectivity index (χ3v) is 5.57. The van der Waals surface area contributed by atoms with Crippen molar-refractivity contribution in [2.75, 3.05) is 26.7 Å². The lowest BCUT2D eigenvalue weighted by molar-refractivity contribution is 0.192. The average molecular weight is 533 g/mol. The molecule has 0 amide bonds. The van der Waals surface area contributed by atoms with Gasteiger partial charge in [-0.1, -0.05) is 36.4 Å². The van der Waals surface area contributed by atoms with Crippen molar-refractivity contribution in [1.82, 2.24) is 30.1 Å². The van der Waals surface area contributed by atoms with E-state index in [0.29, 0.717) is 6.04 Å². The number of pyridine rings is 1. The number of piperidine rings is 1. The number of nitrogens with zero attached hydrogens (tertiary/aromatic N) is 5. The third kappa shape index (κ3) is 6.64. The molecule has 0 radical (unpaired) electrons. The zero-order valence-electron chi connectivity index (χ0n) is 18.1. The summed E-state index contributed by atoms with van der Waals surface area (Å²) in [5.74, 6) is 1.88. The van der Waals surface area contributed by atoms with Gasteiger partial charge in [0.2, 0.25) is 0 Å². The first-order chi connectivity index (χ1) is 14.8. The fourth-order valence-corrected chi connectivity index (χ4v) is 4.06. The molecule has 0 bridgehead atoms. The van der Waals surface area contributed by atoms with Gasteiger partial charge in [0.15, 0.2) is 11.6 Å². The number of fused-ring (bicyclic) bond motifs is 1. The highest BCUT2D eigenvalue weighted by Gasteiger charge is 2.20. The highest BCUT2D eigenvalue weighted by Crippen LogP contribution is 2.13. The molecule has 1 atom stereocenters. The molecule has 1 unspecified atom stereocenters. The number of aryl methyl sites for hydroxylation is 1. The Morgan fingerprint density at radius 1 is 1.13 bits per heavy atom. The van der Waals surface area contributed by atoms with E-state index >= 15 is 0 Å². The maximum absolute atomic E-state index is 4.42. The summed E-state index contributed by atoms with van der Waals surface area (Å²) in [4.78, 5) is 6.95. The molecule has 1 saturated heterocycles. The largest absolute Gasteiger partial charge is 0.356 e. The number of aliphatic imine (C=N–C) groups is 1. The Balaban J connectivity index is 0.00000272. The summed E-state index contributed by atoms with van der Waals surface area (Å²) in [7, 11) is 1.84. The smallest absolute Gasteiger partial charge is 0.191 e. The quantitative estimate of drug-likeness (QED) is 0.212. The third-order valence-electron chi connectivity index (χ3n) is 5.57. The van der Waals surface area contributed by atoms with Crippen LogP contribution in [0, 0.1) is 0 Å². The molecule has 0 spiro atoms. The van der Waals surface area contributed by atoms with Gasteiger partial charge in [0.1, 0.15) is 5.82 Å². The SMILES string of the molecule is CN=C(NCCCc1nnc2ccccn12)NC1CCCN(Cc2ccccc2)C1.I. The van der Waals surface area contributed by atoms with E-state index < -0.39 is 0 Å². The van der Waals surface area contributed by atoms with Crippen LogP contribution in [-0.4, -0.2) is 58.2 Å². The van der Waals surface area contributed by atoms with Gasteiger partial charge >= 0.3 is 0 Å². The summed E-state index contributed by atoms with van der Waals surface area (Å²) in [5.41, 5.74) is 2.27. The lowest BCUT2D eigenvalue weighted by atomic mass is 10.0. The number of hydrogen-bond donors (Lipinski definition) is 2. The highest BCUT2D eigenvalue weighted by molar-refractivity contribution is 14.0. The molecule has 31 heavy (non-hydrogen) atoms. The second-order valence-electron chi connectivity index (χ2n) is 7.85. The van der Waals surface area contributed by atoms with Gasteiger partial charge < -0.3 is 10.6 Å². The molecule has 3 aromatic rings. The van der Waals surface area contributed by atoms with Crippen LogP contribution in [-0.2, 0) is 13.0 Å². The molecular weight excluding hydrogens is 501 g/mol. The van der Waals surface area contributed by atoms with Crippen LogP contribution in [0.15, 0.2) is 59.7 Å². The molecule has 2 aromatic heterocycles. The molecule has 3 heterocycles. The predicted octanol–water partition coefficient (Wildman–Crippen LogP) is 3.11. The maximum Gasteiger partial charge on any atom is 0.191 e. The molecule has 8 heteroatoms. The average Bonchev–Trinajstić information content (AvgIpc) is 3.20. The minimum absolute atomic E-state index is 0. The summed E-state index contributed by atoms with van der Waals surface area (Å²) in [6, 6.07) is 17.1. The first-order valence-electron chi connectivity index (χ1n) is 10.8. The lowest BCUT2D eigenvalue weighted by Gasteiger charge is -2.34. The van der Waals surface area contributed by atoms with Crippen LogP contribution in [0.1, 0.15) is 30.7 Å². The fraction of sp³-hybridized carbons (Fsp3) is 0.435. The molecule has 1 aromatic carbocycles. The van der Waals surface area contributed by atoms with E-state index in [1.165, 1.54) is 18.4 Å². The van der Waals surface area contributed by atoms with E-state index in [1.807, 2.05) is 31.4 Å². The van der Waals surface area contributed by atoms with E-state index in [0.717, 1.165) is 56.5 Å². The second-order valence-corrected chi connectivity index (χ2v) is 7.85. The van der Waals surface area contributed by atoms with Crippen molar-refractivity contribution >= 4 is 35.6 Å². The minimum atomic E-state index is 0. The number of aromatic nitrogens is 3. The maximum atomic E-state index is 4.42. The zero-order chi connectivity index (χ0) is 20.6. The number of guanidine groups is 1. The molecule has 166 valence electrons. The molecule has 4 rings (SSSR count). The molecule has 2 N–H and O–H groups in total. The molecule has 0 aliphatic carbocycles. The van der Waals surface area contributed by atoms with Crippen molar-refractivity contribution in [3.63, 3.8) is 0 Å². The van der Waals surface area contributed by atoms with Gasteiger partial charge in [-0.2, -0.15) is 0 Å². The van der Waals surface area contributed by atoms with Crippen molar-refractivity contribution in [2.45, 2.75) is 38.3 Å². The zero-order valence-corrected chi connectivity index (χ0v) is 20.4. The predicted molar refractivity (Wildman–Crippen MR) is 136 cm³/mol. The topological polar surface area (TPSA) is 69.8 Å². The van der Waals surface area contributed by atoms with E-state index in [4.69, 9.17) is 0 Å². The minimum Gasteiger partial charge on any atom is -0.356 e. The molecule has 0 saturated carbocycles. The van der Waals surface area contributed by atoms with Crippen LogP contribution in [0.5, 0.6) is 0 Å². The molecular formula is C23H32IN7. The van der Waals surface area contributed by atoms with Crippen LogP contribution in [0.2, 0.25) is 0 Å². The van der Waals surface area contributed by atoms with Gasteiger partial charge in [0, 0.05) is 45.3 Å². The number of benzene rings is 1. The fourth-order valence-electron chi connectivity index (χ4n) is 4.06. The Morgan fingerprint density at radius 3 is 2.81 bits per heavy atom. The van der Waals surface area contributed by atoms with Gasteiger partial charge in [0.05, 0.1) is 0 Å². The van der Waals surface area contributed by atoms with Gasteiger partial charge in [-0.25, -0.2) is 0 Å². The Kier molecular flexibility index (Phi) is 9.08. The summed E-state index contributed by atoms with van der Waals surface area (Å²) in [6.07, 6.45) is 6.26. The number of hydrogen-bond acceptors (Lipinski definition) is 4. The van der Waals surface area contributed by atoms with E-state index in [9.17, 15) is 0 Å². The van der Waals surface area contributed by atoms with Gasteiger partial charge in [0.25, 0.3) is 0 Å². The van der Waals surface area contributed by atoms with Gasteiger partial charge in [-0.15, -0.1) is 34.2 Å². The summed E-state index contributed by atoms with van der Waals surface area (Å²) < 4.78 is 2.05. The normalized spacial score (nSPS) is 17.3. The van der Waals surface area contributed by atoms with Crippen molar-refractivity contribution in [2.24, 2.45) is 4.99 Å². The number of likely N-dealkylation sites (tertiary alicyclic amines) is 1. The van der Waals surface area contributed by atoms with E-state index in [2.05, 4.69) is 65.5 Å². The van der Waals surface area contributed by atoms with Gasteiger partial charge in [-0.3, -0.25) is 14.3 Å². The summed E-state index contributed by atoms with van der Waals surface area (Å²) in [6.45, 7) is 4.06. The molecule has 1 aliphatic rings. The summed E-state index contributed by atoms with van der Waals surface area (Å²) in [5, 5.41) is 15.6. The van der Waals surface area contributed by atoms with E-state index in [-0.39, 0.29) is 24.0 Å². The summed E-state index contributed by atoms with van der Waals surface area (Å²) >= 11 is 0. The Hall–Kier alpha value is -2.20. The van der Waals surface area contributed by atoms with Crippen LogP contribution >= 0.6 is 24.0 Å². The monoisotopic (exact) mass is 533 g/mol.